The molecule has 1 saturated heterocycles. The van der Waals surface area contributed by atoms with E-state index in [9.17, 15) is 4.79 Å². The van der Waals surface area contributed by atoms with Crippen LogP contribution < -0.4 is 10.6 Å². The van der Waals surface area contributed by atoms with Gasteiger partial charge in [0.25, 0.3) is 0 Å². The van der Waals surface area contributed by atoms with Gasteiger partial charge < -0.3 is 15.4 Å². The summed E-state index contributed by atoms with van der Waals surface area (Å²) in [5.74, 6) is 1.33. The Balaban J connectivity index is 1.29. The van der Waals surface area contributed by atoms with Crippen molar-refractivity contribution in [2.24, 2.45) is 0 Å². The molecule has 1 aliphatic heterocycles. The number of carbonyl (C=O) groups excluding carboxylic acids is 1. The highest BCUT2D eigenvalue weighted by molar-refractivity contribution is 6.31. The molecule has 0 saturated carbocycles. The van der Waals surface area contributed by atoms with E-state index >= 15 is 0 Å². The lowest BCUT2D eigenvalue weighted by atomic mass is 10.2. The summed E-state index contributed by atoms with van der Waals surface area (Å²) in [4.78, 5) is 14.5. The topological polar surface area (TPSA) is 96.7 Å². The molecule has 0 unspecified atom stereocenters. The van der Waals surface area contributed by atoms with Gasteiger partial charge in [-0.05, 0) is 23.8 Å². The van der Waals surface area contributed by atoms with Crippen molar-refractivity contribution < 1.29 is 9.53 Å². The van der Waals surface area contributed by atoms with E-state index in [1.165, 1.54) is 0 Å². The van der Waals surface area contributed by atoms with Crippen LogP contribution in [0.25, 0.3) is 5.65 Å². The molecule has 1 aromatic carbocycles. The first-order chi connectivity index (χ1) is 15.2. The molecule has 0 bridgehead atoms. The highest BCUT2D eigenvalue weighted by Crippen LogP contribution is 2.16. The van der Waals surface area contributed by atoms with Crippen molar-refractivity contribution >= 4 is 29.0 Å². The second-order valence-corrected chi connectivity index (χ2v) is 7.76. The molecule has 1 fully saturated rings. The van der Waals surface area contributed by atoms with Crippen molar-refractivity contribution in [3.63, 3.8) is 0 Å². The Hall–Kier alpha value is -2.75. The van der Waals surface area contributed by atoms with Crippen molar-refractivity contribution in [2.45, 2.75) is 19.4 Å². The standard InChI is InChI=1S/C21H26ClN7O2/c22-17-4-2-1-3-16(17)15-24-18-5-6-19-25-26-20(29(19)27-18)7-8-21(30)23-9-10-28-11-13-31-14-12-28/h1-6H,7-15H2,(H,23,30)(H,24,27). The van der Waals surface area contributed by atoms with Crippen LogP contribution in [0.15, 0.2) is 36.4 Å². The van der Waals surface area contributed by atoms with Gasteiger partial charge in [-0.25, -0.2) is 0 Å². The molecule has 31 heavy (non-hydrogen) atoms. The third kappa shape index (κ3) is 5.90. The zero-order chi connectivity index (χ0) is 21.5. The molecule has 1 aliphatic rings. The van der Waals surface area contributed by atoms with Crippen molar-refractivity contribution in [3.8, 4) is 0 Å². The number of amides is 1. The molecular weight excluding hydrogens is 418 g/mol. The minimum Gasteiger partial charge on any atom is -0.379 e. The van der Waals surface area contributed by atoms with Crippen LogP contribution in [-0.4, -0.2) is 70.0 Å². The Labute approximate surface area is 185 Å². The fourth-order valence-electron chi connectivity index (χ4n) is 3.40. The molecule has 3 heterocycles. The number of aromatic nitrogens is 4. The molecule has 10 heteroatoms. The number of nitrogens with zero attached hydrogens (tertiary/aromatic N) is 5. The fourth-order valence-corrected chi connectivity index (χ4v) is 3.61. The van der Waals surface area contributed by atoms with Gasteiger partial charge in [0.1, 0.15) is 5.82 Å². The van der Waals surface area contributed by atoms with E-state index in [4.69, 9.17) is 16.3 Å². The number of anilines is 1. The van der Waals surface area contributed by atoms with Gasteiger partial charge in [-0.3, -0.25) is 9.69 Å². The van der Waals surface area contributed by atoms with Gasteiger partial charge in [0, 0.05) is 50.6 Å². The van der Waals surface area contributed by atoms with Gasteiger partial charge in [0.05, 0.1) is 13.2 Å². The number of ether oxygens (including phenoxy) is 1. The number of hydrogen-bond acceptors (Lipinski definition) is 7. The van der Waals surface area contributed by atoms with Crippen LogP contribution in [-0.2, 0) is 22.5 Å². The van der Waals surface area contributed by atoms with Crippen LogP contribution >= 0.6 is 11.6 Å². The molecule has 4 rings (SSSR count). The Morgan fingerprint density at radius 3 is 2.81 bits per heavy atom. The first-order valence-electron chi connectivity index (χ1n) is 10.4. The Bertz CT molecular complexity index is 1020. The maximum atomic E-state index is 12.2. The van der Waals surface area contributed by atoms with E-state index in [1.54, 1.807) is 4.52 Å². The van der Waals surface area contributed by atoms with Crippen LogP contribution in [0.1, 0.15) is 17.8 Å². The number of halogens is 1. The number of rotatable bonds is 9. The normalized spacial score (nSPS) is 14.6. The third-order valence-electron chi connectivity index (χ3n) is 5.17. The molecular formula is C21H26ClN7O2. The van der Waals surface area contributed by atoms with Gasteiger partial charge in [0.2, 0.25) is 5.91 Å². The summed E-state index contributed by atoms with van der Waals surface area (Å²) < 4.78 is 7.01. The van der Waals surface area contributed by atoms with E-state index in [0.29, 0.717) is 48.2 Å². The molecule has 0 radical (unpaired) electrons. The first-order valence-corrected chi connectivity index (χ1v) is 10.8. The van der Waals surface area contributed by atoms with Crippen molar-refractivity contribution in [2.75, 3.05) is 44.7 Å². The molecule has 9 nitrogen and oxygen atoms in total. The lowest BCUT2D eigenvalue weighted by Gasteiger charge is -2.26. The number of aryl methyl sites for hydroxylation is 1. The number of benzene rings is 1. The summed E-state index contributed by atoms with van der Waals surface area (Å²) in [7, 11) is 0. The molecule has 164 valence electrons. The molecule has 0 aliphatic carbocycles. The van der Waals surface area contributed by atoms with Gasteiger partial charge in [-0.2, -0.15) is 4.52 Å². The summed E-state index contributed by atoms with van der Waals surface area (Å²) in [6, 6.07) is 11.4. The van der Waals surface area contributed by atoms with E-state index in [1.807, 2.05) is 36.4 Å². The minimum absolute atomic E-state index is 0.00184. The minimum atomic E-state index is -0.00184. The zero-order valence-corrected chi connectivity index (χ0v) is 18.0. The van der Waals surface area contributed by atoms with Gasteiger partial charge in [-0.1, -0.05) is 29.8 Å². The van der Waals surface area contributed by atoms with E-state index in [2.05, 4.69) is 30.8 Å². The van der Waals surface area contributed by atoms with Crippen LogP contribution in [0.4, 0.5) is 5.82 Å². The summed E-state index contributed by atoms with van der Waals surface area (Å²) in [5, 5.41) is 19.9. The Kier molecular flexibility index (Phi) is 7.29. The van der Waals surface area contributed by atoms with Gasteiger partial charge in [-0.15, -0.1) is 15.3 Å². The monoisotopic (exact) mass is 443 g/mol. The molecule has 2 N–H and O–H groups in total. The fraction of sp³-hybridized carbons (Fsp3) is 0.429. The van der Waals surface area contributed by atoms with Crippen LogP contribution in [0.3, 0.4) is 0 Å². The number of fused-ring (bicyclic) bond motifs is 1. The Morgan fingerprint density at radius 2 is 1.97 bits per heavy atom. The summed E-state index contributed by atoms with van der Waals surface area (Å²) in [6.45, 7) is 5.38. The molecule has 1 amide bonds. The predicted molar refractivity (Wildman–Crippen MR) is 118 cm³/mol. The number of carbonyl (C=O) groups is 1. The smallest absolute Gasteiger partial charge is 0.220 e. The first kappa shape index (κ1) is 21.5. The van der Waals surface area contributed by atoms with Gasteiger partial charge >= 0.3 is 0 Å². The lowest BCUT2D eigenvalue weighted by molar-refractivity contribution is -0.121. The van der Waals surface area contributed by atoms with E-state index in [-0.39, 0.29) is 5.91 Å². The van der Waals surface area contributed by atoms with Gasteiger partial charge in [0.15, 0.2) is 11.5 Å². The highest BCUT2D eigenvalue weighted by atomic mass is 35.5. The van der Waals surface area contributed by atoms with Crippen LogP contribution in [0.2, 0.25) is 5.02 Å². The van der Waals surface area contributed by atoms with Crippen LogP contribution in [0.5, 0.6) is 0 Å². The summed E-state index contributed by atoms with van der Waals surface area (Å²) >= 11 is 6.21. The van der Waals surface area contributed by atoms with E-state index in [0.717, 1.165) is 38.4 Å². The maximum Gasteiger partial charge on any atom is 0.220 e. The number of morpholine rings is 1. The lowest BCUT2D eigenvalue weighted by Crippen LogP contribution is -2.41. The predicted octanol–water partition coefficient (Wildman–Crippen LogP) is 1.77. The largest absolute Gasteiger partial charge is 0.379 e. The van der Waals surface area contributed by atoms with Crippen molar-refractivity contribution in [3.05, 3.63) is 52.8 Å². The van der Waals surface area contributed by atoms with Crippen molar-refractivity contribution in [1.82, 2.24) is 30.0 Å². The molecule has 3 aromatic rings. The SMILES string of the molecule is O=C(CCc1nnc2ccc(NCc3ccccc3Cl)nn12)NCCN1CCOCC1. The molecule has 2 aromatic heterocycles. The average molecular weight is 444 g/mol. The second kappa shape index (κ2) is 10.5. The van der Waals surface area contributed by atoms with E-state index < -0.39 is 0 Å². The van der Waals surface area contributed by atoms with Crippen molar-refractivity contribution in [1.29, 1.82) is 0 Å². The highest BCUT2D eigenvalue weighted by Gasteiger charge is 2.12. The number of nitrogens with one attached hydrogen (secondary N) is 2. The zero-order valence-electron chi connectivity index (χ0n) is 17.3. The number of hydrogen-bond donors (Lipinski definition) is 2. The summed E-state index contributed by atoms with van der Waals surface area (Å²) in [5.41, 5.74) is 1.63. The van der Waals surface area contributed by atoms with Crippen LogP contribution in [0, 0.1) is 0 Å². The second-order valence-electron chi connectivity index (χ2n) is 7.35. The quantitative estimate of drug-likeness (QED) is 0.520. The average Bonchev–Trinajstić information content (AvgIpc) is 3.20. The third-order valence-corrected chi connectivity index (χ3v) is 5.54. The maximum absolute atomic E-state index is 12.2. The molecule has 0 spiro atoms. The Morgan fingerprint density at radius 1 is 1.13 bits per heavy atom. The summed E-state index contributed by atoms with van der Waals surface area (Å²) in [6.07, 6.45) is 0.800. The molecule has 0 atom stereocenters.